The van der Waals surface area contributed by atoms with Crippen molar-refractivity contribution in [2.45, 2.75) is 23.8 Å². The summed E-state index contributed by atoms with van der Waals surface area (Å²) in [6, 6.07) is 9.41. The largest absolute Gasteiger partial charge is 0.381 e. The molecule has 0 saturated carbocycles. The molecule has 19 heavy (non-hydrogen) atoms. The van der Waals surface area contributed by atoms with Gasteiger partial charge in [-0.1, -0.05) is 0 Å². The van der Waals surface area contributed by atoms with Crippen molar-refractivity contribution in [2.75, 3.05) is 31.0 Å². The van der Waals surface area contributed by atoms with Gasteiger partial charge < -0.3 is 14.5 Å². The molecule has 0 bridgehead atoms. The van der Waals surface area contributed by atoms with Gasteiger partial charge in [-0.2, -0.15) is 0 Å². The highest BCUT2D eigenvalue weighted by Gasteiger charge is 2.23. The molecule has 1 aromatic carbocycles. The molecule has 1 aromatic rings. The summed E-state index contributed by atoms with van der Waals surface area (Å²) in [5, 5.41) is 0. The fourth-order valence-electron chi connectivity index (χ4n) is 2.63. The van der Waals surface area contributed by atoms with Crippen LogP contribution < -0.4 is 4.90 Å². The van der Waals surface area contributed by atoms with Crippen LogP contribution in [-0.4, -0.2) is 37.1 Å². The first-order valence-electron chi connectivity index (χ1n) is 6.79. The highest BCUT2D eigenvalue weighted by molar-refractivity contribution is 7.98. The van der Waals surface area contributed by atoms with Gasteiger partial charge in [0.05, 0.1) is 6.67 Å². The number of nitrogens with zero attached hydrogens (tertiary/aromatic N) is 2. The van der Waals surface area contributed by atoms with Crippen molar-refractivity contribution in [3.8, 4) is 0 Å². The topological polar surface area (TPSA) is 15.7 Å². The van der Waals surface area contributed by atoms with E-state index in [0.717, 1.165) is 32.7 Å². The molecule has 102 valence electrons. The molecule has 0 aliphatic carbocycles. The third kappa shape index (κ3) is 2.90. The minimum Gasteiger partial charge on any atom is -0.381 e. The van der Waals surface area contributed by atoms with Crippen LogP contribution in [0.15, 0.2) is 41.6 Å². The molecule has 1 saturated heterocycles. The summed E-state index contributed by atoms with van der Waals surface area (Å²) < 4.78 is 5.43. The van der Waals surface area contributed by atoms with Gasteiger partial charge in [-0.3, -0.25) is 0 Å². The maximum Gasteiger partial charge on any atom is 0.0944 e. The second kappa shape index (κ2) is 5.88. The van der Waals surface area contributed by atoms with Crippen molar-refractivity contribution in [2.24, 2.45) is 0 Å². The van der Waals surface area contributed by atoms with Crippen LogP contribution in [0.2, 0.25) is 0 Å². The van der Waals surface area contributed by atoms with Crippen molar-refractivity contribution in [1.29, 1.82) is 0 Å². The molecule has 2 aliphatic rings. The molecule has 0 unspecified atom stereocenters. The van der Waals surface area contributed by atoms with Gasteiger partial charge in [0.2, 0.25) is 0 Å². The van der Waals surface area contributed by atoms with E-state index < -0.39 is 0 Å². The van der Waals surface area contributed by atoms with E-state index in [1.165, 1.54) is 10.6 Å². The van der Waals surface area contributed by atoms with Crippen LogP contribution in [0.3, 0.4) is 0 Å². The number of ether oxygens (including phenoxy) is 1. The molecule has 0 N–H and O–H groups in total. The Balaban J connectivity index is 1.63. The summed E-state index contributed by atoms with van der Waals surface area (Å²) in [7, 11) is 0. The Bertz CT molecular complexity index is 440. The molecule has 0 amide bonds. The third-order valence-electron chi connectivity index (χ3n) is 3.82. The Morgan fingerprint density at radius 3 is 2.53 bits per heavy atom. The Hall–Kier alpha value is -1.13. The lowest BCUT2D eigenvalue weighted by Crippen LogP contribution is -2.37. The number of hydrogen-bond acceptors (Lipinski definition) is 4. The maximum atomic E-state index is 5.43. The van der Waals surface area contributed by atoms with Gasteiger partial charge in [-0.05, 0) is 43.4 Å². The first kappa shape index (κ1) is 12.9. The lowest BCUT2D eigenvalue weighted by Gasteiger charge is -2.32. The van der Waals surface area contributed by atoms with Gasteiger partial charge in [0.15, 0.2) is 0 Å². The van der Waals surface area contributed by atoms with Crippen molar-refractivity contribution >= 4 is 17.4 Å². The standard InChI is InChI=1S/C15H20N2OS/c1-19-15-4-2-13(3-5-15)16-8-9-17(12-16)14-6-10-18-11-7-14/h2-5,8-9,14H,6-7,10-12H2,1H3. The van der Waals surface area contributed by atoms with Crippen LogP contribution in [0.1, 0.15) is 12.8 Å². The van der Waals surface area contributed by atoms with E-state index >= 15 is 0 Å². The van der Waals surface area contributed by atoms with Crippen LogP contribution >= 0.6 is 11.8 Å². The zero-order chi connectivity index (χ0) is 13.1. The summed E-state index contributed by atoms with van der Waals surface area (Å²) in [5.41, 5.74) is 1.27. The zero-order valence-electron chi connectivity index (χ0n) is 11.3. The van der Waals surface area contributed by atoms with Gasteiger partial charge in [0, 0.05) is 42.2 Å². The minimum absolute atomic E-state index is 0.639. The van der Waals surface area contributed by atoms with E-state index in [2.05, 4.69) is 52.7 Å². The summed E-state index contributed by atoms with van der Waals surface area (Å²) in [6.45, 7) is 2.76. The molecule has 0 atom stereocenters. The SMILES string of the molecule is CSc1ccc(N2C=CN(C3CCOCC3)C2)cc1. The smallest absolute Gasteiger partial charge is 0.0944 e. The third-order valence-corrected chi connectivity index (χ3v) is 4.56. The molecule has 2 aliphatic heterocycles. The molecule has 4 heteroatoms. The van der Waals surface area contributed by atoms with Gasteiger partial charge in [0.1, 0.15) is 0 Å². The Kier molecular flexibility index (Phi) is 3.99. The van der Waals surface area contributed by atoms with Gasteiger partial charge in [-0.25, -0.2) is 0 Å². The van der Waals surface area contributed by atoms with Crippen LogP contribution in [0.25, 0.3) is 0 Å². The van der Waals surface area contributed by atoms with Gasteiger partial charge in [-0.15, -0.1) is 11.8 Å². The predicted octanol–water partition coefficient (Wildman–Crippen LogP) is 3.14. The Morgan fingerprint density at radius 2 is 1.84 bits per heavy atom. The lowest BCUT2D eigenvalue weighted by molar-refractivity contribution is 0.0520. The van der Waals surface area contributed by atoms with Crippen LogP contribution in [-0.2, 0) is 4.74 Å². The molecule has 0 spiro atoms. The van der Waals surface area contributed by atoms with Crippen LogP contribution in [0.5, 0.6) is 0 Å². The van der Waals surface area contributed by atoms with E-state index in [-0.39, 0.29) is 0 Å². The highest BCUT2D eigenvalue weighted by atomic mass is 32.2. The normalized spacial score (nSPS) is 20.3. The van der Waals surface area contributed by atoms with Crippen LogP contribution in [0.4, 0.5) is 5.69 Å². The van der Waals surface area contributed by atoms with E-state index in [0.29, 0.717) is 6.04 Å². The lowest BCUT2D eigenvalue weighted by atomic mass is 10.1. The molecule has 0 aromatic heterocycles. The Labute approximate surface area is 119 Å². The number of anilines is 1. The average molecular weight is 276 g/mol. The van der Waals surface area contributed by atoms with Gasteiger partial charge >= 0.3 is 0 Å². The maximum absolute atomic E-state index is 5.43. The van der Waals surface area contributed by atoms with E-state index in [4.69, 9.17) is 4.74 Å². The summed E-state index contributed by atoms with van der Waals surface area (Å²) in [5.74, 6) is 0. The monoisotopic (exact) mass is 276 g/mol. The molecular weight excluding hydrogens is 256 g/mol. The molecule has 3 rings (SSSR count). The Morgan fingerprint density at radius 1 is 1.11 bits per heavy atom. The van der Waals surface area contributed by atoms with E-state index in [1.54, 1.807) is 11.8 Å². The van der Waals surface area contributed by atoms with Crippen molar-refractivity contribution < 1.29 is 4.74 Å². The average Bonchev–Trinajstić information content (AvgIpc) is 2.98. The summed E-state index contributed by atoms with van der Waals surface area (Å²) in [6.07, 6.45) is 8.80. The fraction of sp³-hybridized carbons (Fsp3) is 0.467. The van der Waals surface area contributed by atoms with Crippen molar-refractivity contribution in [3.63, 3.8) is 0 Å². The second-order valence-corrected chi connectivity index (χ2v) is 5.84. The quantitative estimate of drug-likeness (QED) is 0.788. The van der Waals surface area contributed by atoms with Crippen molar-refractivity contribution in [3.05, 3.63) is 36.7 Å². The summed E-state index contributed by atoms with van der Waals surface area (Å²) >= 11 is 1.78. The zero-order valence-corrected chi connectivity index (χ0v) is 12.1. The molecule has 0 radical (unpaired) electrons. The van der Waals surface area contributed by atoms with Crippen LogP contribution in [0, 0.1) is 0 Å². The van der Waals surface area contributed by atoms with Crippen molar-refractivity contribution in [1.82, 2.24) is 4.90 Å². The number of benzene rings is 1. The predicted molar refractivity (Wildman–Crippen MR) is 80.4 cm³/mol. The molecule has 2 heterocycles. The highest BCUT2D eigenvalue weighted by Crippen LogP contribution is 2.25. The van der Waals surface area contributed by atoms with E-state index in [9.17, 15) is 0 Å². The fourth-order valence-corrected chi connectivity index (χ4v) is 3.04. The molecular formula is C15H20N2OS. The number of thioether (sulfide) groups is 1. The summed E-state index contributed by atoms with van der Waals surface area (Å²) in [4.78, 5) is 6.05. The van der Waals surface area contributed by atoms with E-state index in [1.807, 2.05) is 0 Å². The molecule has 3 nitrogen and oxygen atoms in total. The minimum atomic E-state index is 0.639. The number of hydrogen-bond donors (Lipinski definition) is 0. The first-order valence-corrected chi connectivity index (χ1v) is 8.02. The van der Waals surface area contributed by atoms with Gasteiger partial charge in [0.25, 0.3) is 0 Å². The first-order chi connectivity index (χ1) is 9.36. The number of rotatable bonds is 3. The molecule has 1 fully saturated rings. The second-order valence-electron chi connectivity index (χ2n) is 4.97.